The van der Waals surface area contributed by atoms with Crippen LogP contribution in [0.1, 0.15) is 49.9 Å². The van der Waals surface area contributed by atoms with E-state index >= 15 is 0 Å². The maximum atomic E-state index is 4.45. The highest BCUT2D eigenvalue weighted by atomic mass is 15.1. The van der Waals surface area contributed by atoms with Crippen LogP contribution in [0.15, 0.2) is 189 Å². The lowest BCUT2D eigenvalue weighted by atomic mass is 9.82. The number of para-hydroxylation sites is 1. The van der Waals surface area contributed by atoms with Crippen LogP contribution in [0.2, 0.25) is 0 Å². The van der Waals surface area contributed by atoms with Crippen molar-refractivity contribution in [1.29, 1.82) is 0 Å². The van der Waals surface area contributed by atoms with E-state index in [-0.39, 0.29) is 5.41 Å². The van der Waals surface area contributed by atoms with Crippen molar-refractivity contribution >= 4 is 44.4 Å². The molecule has 1 heterocycles. The van der Waals surface area contributed by atoms with Gasteiger partial charge in [0.2, 0.25) is 0 Å². The summed E-state index contributed by atoms with van der Waals surface area (Å²) in [5, 5.41) is 2.53. The van der Waals surface area contributed by atoms with Crippen molar-refractivity contribution in [2.45, 2.75) is 39.5 Å². The normalized spacial score (nSPS) is 14.8. The van der Waals surface area contributed by atoms with Crippen LogP contribution in [0, 0.1) is 0 Å². The van der Waals surface area contributed by atoms with Crippen molar-refractivity contribution < 1.29 is 0 Å². The minimum Gasteiger partial charge on any atom is -0.310 e. The first kappa shape index (κ1) is 35.1. The lowest BCUT2D eigenvalue weighted by Crippen LogP contribution is -2.16. The number of hydrogen-bond acceptors (Lipinski definition) is 1. The third kappa shape index (κ3) is 5.72. The summed E-state index contributed by atoms with van der Waals surface area (Å²) in [5.74, 6) is 0. The Kier molecular flexibility index (Phi) is 8.90. The predicted molar refractivity (Wildman–Crippen MR) is 241 cm³/mol. The molecule has 1 aromatic heterocycles. The van der Waals surface area contributed by atoms with E-state index in [4.69, 9.17) is 0 Å². The van der Waals surface area contributed by atoms with Crippen LogP contribution in [0.4, 0.5) is 17.1 Å². The predicted octanol–water partition coefficient (Wildman–Crippen LogP) is 14.9. The Morgan fingerprint density at radius 1 is 0.554 bits per heavy atom. The first-order chi connectivity index (χ1) is 27.5. The summed E-state index contributed by atoms with van der Waals surface area (Å²) in [4.78, 5) is 2.43. The Hall–Kier alpha value is -6.64. The highest BCUT2D eigenvalue weighted by Crippen LogP contribution is 2.51. The van der Waals surface area contributed by atoms with Gasteiger partial charge in [0, 0.05) is 38.9 Å². The zero-order valence-corrected chi connectivity index (χ0v) is 32.6. The maximum absolute atomic E-state index is 4.45. The molecule has 0 unspecified atom stereocenters. The maximum Gasteiger partial charge on any atom is 0.0562 e. The Morgan fingerprint density at radius 2 is 1.18 bits per heavy atom. The van der Waals surface area contributed by atoms with Gasteiger partial charge in [-0.25, -0.2) is 0 Å². The molecule has 0 N–H and O–H groups in total. The number of aromatic nitrogens is 1. The summed E-state index contributed by atoms with van der Waals surface area (Å²) < 4.78 is 2.44. The standard InChI is InChI=1S/C52H40N2.C2H6/c1-35-15-7-4-12-21-45-42(35)31-32-49-51(45)46-30-28-41(34-50(46)54(49)38-18-10-6-11-19-38)53(39-25-23-37(24-26-39)36-16-8-5-9-17-36)40-27-29-44-43-20-13-14-22-47(43)52(2,3)48(44)33-40;1-2/h4-20,22-34H,1,21H2,2-3H3;1-2H3/b12-4-,15-7-;. The Labute approximate surface area is 331 Å². The molecule has 2 nitrogen and oxygen atoms in total. The molecule has 7 aromatic carbocycles. The van der Waals surface area contributed by atoms with Gasteiger partial charge in [-0.3, -0.25) is 0 Å². The molecule has 0 amide bonds. The van der Waals surface area contributed by atoms with Crippen molar-refractivity contribution in [3.8, 4) is 27.9 Å². The molecular formula is C54H46N2. The number of fused-ring (bicyclic) bond motifs is 8. The molecule has 0 aliphatic heterocycles. The summed E-state index contributed by atoms with van der Waals surface area (Å²) >= 11 is 0. The van der Waals surface area contributed by atoms with Crippen molar-refractivity contribution in [2.75, 3.05) is 4.90 Å². The summed E-state index contributed by atoms with van der Waals surface area (Å²) in [6, 6.07) is 57.9. The summed E-state index contributed by atoms with van der Waals surface area (Å²) in [7, 11) is 0. The molecule has 0 atom stereocenters. The van der Waals surface area contributed by atoms with Crippen LogP contribution in [0.3, 0.4) is 0 Å². The van der Waals surface area contributed by atoms with Crippen LogP contribution < -0.4 is 4.90 Å². The number of allylic oxidation sites excluding steroid dienone is 5. The summed E-state index contributed by atoms with van der Waals surface area (Å²) in [6.45, 7) is 13.2. The number of rotatable bonds is 5. The molecular weight excluding hydrogens is 677 g/mol. The van der Waals surface area contributed by atoms with E-state index in [0.717, 1.165) is 34.7 Å². The Bertz CT molecular complexity index is 2810. The molecule has 10 rings (SSSR count). The van der Waals surface area contributed by atoms with Gasteiger partial charge in [-0.1, -0.05) is 162 Å². The second-order valence-corrected chi connectivity index (χ2v) is 15.0. The molecule has 0 radical (unpaired) electrons. The fourth-order valence-corrected chi connectivity index (χ4v) is 8.91. The molecule has 0 spiro atoms. The van der Waals surface area contributed by atoms with Crippen LogP contribution in [-0.2, 0) is 11.8 Å². The number of nitrogens with zero attached hydrogens (tertiary/aromatic N) is 2. The second-order valence-electron chi connectivity index (χ2n) is 15.0. The van der Waals surface area contributed by atoms with Gasteiger partial charge < -0.3 is 9.47 Å². The van der Waals surface area contributed by atoms with E-state index in [1.165, 1.54) is 66.3 Å². The quantitative estimate of drug-likeness (QED) is 0.172. The zero-order chi connectivity index (χ0) is 38.4. The van der Waals surface area contributed by atoms with Crippen molar-refractivity contribution in [1.82, 2.24) is 4.57 Å². The van der Waals surface area contributed by atoms with E-state index < -0.39 is 0 Å². The Morgan fingerprint density at radius 3 is 1.96 bits per heavy atom. The number of benzene rings is 7. The molecule has 0 fully saturated rings. The topological polar surface area (TPSA) is 8.17 Å². The lowest BCUT2D eigenvalue weighted by molar-refractivity contribution is 0.660. The third-order valence-electron chi connectivity index (χ3n) is 11.6. The van der Waals surface area contributed by atoms with Gasteiger partial charge >= 0.3 is 0 Å². The molecule has 2 aliphatic rings. The molecule has 0 bridgehead atoms. The smallest absolute Gasteiger partial charge is 0.0562 e. The molecule has 2 heteroatoms. The van der Waals surface area contributed by atoms with E-state index in [2.05, 4.69) is 212 Å². The fourth-order valence-electron chi connectivity index (χ4n) is 8.91. The highest BCUT2D eigenvalue weighted by Gasteiger charge is 2.35. The van der Waals surface area contributed by atoms with Crippen molar-refractivity contribution in [2.24, 2.45) is 0 Å². The van der Waals surface area contributed by atoms with Gasteiger partial charge in [-0.2, -0.15) is 0 Å². The minimum absolute atomic E-state index is 0.112. The zero-order valence-electron chi connectivity index (χ0n) is 32.6. The van der Waals surface area contributed by atoms with E-state index in [0.29, 0.717) is 0 Å². The number of anilines is 3. The van der Waals surface area contributed by atoms with Crippen molar-refractivity contribution in [3.63, 3.8) is 0 Å². The lowest BCUT2D eigenvalue weighted by Gasteiger charge is -2.28. The van der Waals surface area contributed by atoms with Crippen LogP contribution in [-0.4, -0.2) is 4.57 Å². The SMILES string of the molecule is C=C1/C=C\C=C/Cc2c1ccc1c2c2ccc(N(c3ccc(-c4ccccc4)cc3)c3ccc4c(c3)C(C)(C)c3ccccc3-4)cc2n1-c1ccccc1.CC. The monoisotopic (exact) mass is 722 g/mol. The number of hydrogen-bond donors (Lipinski definition) is 0. The van der Waals surface area contributed by atoms with Gasteiger partial charge in [-0.05, 0) is 111 Å². The highest BCUT2D eigenvalue weighted by molar-refractivity contribution is 6.13. The molecule has 8 aromatic rings. The molecule has 0 saturated heterocycles. The average molecular weight is 723 g/mol. The second kappa shape index (κ2) is 14.2. The van der Waals surface area contributed by atoms with Gasteiger partial charge in [0.15, 0.2) is 0 Å². The van der Waals surface area contributed by atoms with Crippen LogP contribution in [0.5, 0.6) is 0 Å². The largest absolute Gasteiger partial charge is 0.310 e. The molecule has 56 heavy (non-hydrogen) atoms. The first-order valence-corrected chi connectivity index (χ1v) is 19.9. The molecule has 272 valence electrons. The van der Waals surface area contributed by atoms with E-state index in [1.807, 2.05) is 13.8 Å². The Balaban J connectivity index is 0.00000202. The first-order valence-electron chi connectivity index (χ1n) is 19.9. The fraction of sp³-hybridized carbons (Fsp3) is 0.111. The minimum atomic E-state index is -0.112. The van der Waals surface area contributed by atoms with Gasteiger partial charge in [0.1, 0.15) is 0 Å². The average Bonchev–Trinajstić information content (AvgIpc) is 3.69. The third-order valence-corrected chi connectivity index (χ3v) is 11.6. The van der Waals surface area contributed by atoms with Crippen LogP contribution >= 0.6 is 0 Å². The summed E-state index contributed by atoms with van der Waals surface area (Å²) in [6.07, 6.45) is 9.45. The van der Waals surface area contributed by atoms with Gasteiger partial charge in [0.25, 0.3) is 0 Å². The molecule has 2 aliphatic carbocycles. The van der Waals surface area contributed by atoms with Crippen LogP contribution in [0.25, 0.3) is 55.3 Å². The van der Waals surface area contributed by atoms with Gasteiger partial charge in [0.05, 0.1) is 11.0 Å². The van der Waals surface area contributed by atoms with Crippen molar-refractivity contribution in [3.05, 3.63) is 211 Å². The van der Waals surface area contributed by atoms with E-state index in [1.54, 1.807) is 0 Å². The molecule has 0 saturated carbocycles. The summed E-state index contributed by atoms with van der Waals surface area (Å²) in [5.41, 5.74) is 18.1. The van der Waals surface area contributed by atoms with E-state index in [9.17, 15) is 0 Å². The van der Waals surface area contributed by atoms with Gasteiger partial charge in [-0.15, -0.1) is 0 Å².